The second kappa shape index (κ2) is 7.80. The highest BCUT2D eigenvalue weighted by Crippen LogP contribution is 2.25. The second-order valence-electron chi connectivity index (χ2n) is 4.23. The van der Waals surface area contributed by atoms with Crippen molar-refractivity contribution in [1.82, 2.24) is 9.97 Å². The van der Waals surface area contributed by atoms with Crippen LogP contribution < -0.4 is 11.1 Å². The molecule has 0 aliphatic rings. The van der Waals surface area contributed by atoms with Gasteiger partial charge in [0.05, 0.1) is 5.75 Å². The van der Waals surface area contributed by atoms with Crippen molar-refractivity contribution in [3.05, 3.63) is 35.6 Å². The molecule has 0 aliphatic carbocycles. The molecule has 1 aromatic carbocycles. The second-order valence-corrected chi connectivity index (χ2v) is 5.97. The monoisotopic (exact) mass is 349 g/mol. The fourth-order valence-corrected chi connectivity index (χ4v) is 2.89. The molecule has 0 unspecified atom stereocenters. The van der Waals surface area contributed by atoms with Crippen LogP contribution >= 0.6 is 23.5 Å². The molecule has 2 rings (SSSR count). The summed E-state index contributed by atoms with van der Waals surface area (Å²) in [5, 5.41) is 12.3. The zero-order valence-corrected chi connectivity index (χ0v) is 13.7. The highest BCUT2D eigenvalue weighted by Gasteiger charge is 2.13. The average Bonchev–Trinajstić information content (AvgIpc) is 2.52. The molecule has 0 fully saturated rings. The third-order valence-corrected chi connectivity index (χ3v) is 4.16. The molecule has 0 saturated heterocycles. The summed E-state index contributed by atoms with van der Waals surface area (Å²) in [6, 6.07) is 7.57. The summed E-state index contributed by atoms with van der Waals surface area (Å²) in [5.74, 6) is -0.628. The van der Waals surface area contributed by atoms with E-state index >= 15 is 0 Å². The van der Waals surface area contributed by atoms with Gasteiger partial charge in [0.2, 0.25) is 5.91 Å². The number of benzene rings is 1. The summed E-state index contributed by atoms with van der Waals surface area (Å²) >= 11 is 2.36. The quantitative estimate of drug-likeness (QED) is 0.485. The number of aromatic nitrogens is 2. The van der Waals surface area contributed by atoms with E-state index in [0.29, 0.717) is 15.9 Å². The molecule has 0 saturated carbocycles. The van der Waals surface area contributed by atoms with Crippen molar-refractivity contribution in [2.24, 2.45) is 0 Å². The molecule has 0 radical (unpaired) electrons. The van der Waals surface area contributed by atoms with Gasteiger partial charge < -0.3 is 11.1 Å². The number of rotatable bonds is 5. The first-order chi connectivity index (χ1) is 11.0. The van der Waals surface area contributed by atoms with Crippen LogP contribution in [0.25, 0.3) is 0 Å². The predicted molar refractivity (Wildman–Crippen MR) is 88.7 cm³/mol. The number of amides is 1. The molecule has 118 valence electrons. The Hall–Kier alpha value is -2.31. The van der Waals surface area contributed by atoms with E-state index in [2.05, 4.69) is 15.3 Å². The number of nitrogens with one attached hydrogen (secondary N) is 1. The topological polar surface area (TPSA) is 105 Å². The van der Waals surface area contributed by atoms with E-state index in [0.717, 1.165) is 11.8 Å². The van der Waals surface area contributed by atoms with Crippen LogP contribution in [0.3, 0.4) is 0 Å². The number of hydrogen-bond donors (Lipinski definition) is 2. The van der Waals surface area contributed by atoms with Gasteiger partial charge in [0.1, 0.15) is 28.3 Å². The number of thioether (sulfide) groups is 2. The van der Waals surface area contributed by atoms with Crippen LogP contribution in [0.5, 0.6) is 0 Å². The molecular weight excluding hydrogens is 337 g/mol. The van der Waals surface area contributed by atoms with Crippen molar-refractivity contribution in [2.75, 3.05) is 23.1 Å². The molecule has 0 spiro atoms. The maximum atomic E-state index is 13.0. The van der Waals surface area contributed by atoms with E-state index in [1.54, 1.807) is 12.3 Å². The van der Waals surface area contributed by atoms with Gasteiger partial charge in [0, 0.05) is 5.69 Å². The molecule has 1 aromatic heterocycles. The van der Waals surface area contributed by atoms with Crippen LogP contribution in [0.4, 0.5) is 15.9 Å². The Morgan fingerprint density at radius 2 is 2.26 bits per heavy atom. The molecule has 9 heteroatoms. The van der Waals surface area contributed by atoms with Crippen molar-refractivity contribution in [2.45, 2.75) is 10.2 Å². The Bertz CT molecular complexity index is 778. The molecule has 2 aromatic rings. The van der Waals surface area contributed by atoms with Crippen molar-refractivity contribution < 1.29 is 9.18 Å². The molecular formula is C14H12FN5OS2. The lowest BCUT2D eigenvalue weighted by Gasteiger charge is -2.07. The van der Waals surface area contributed by atoms with Gasteiger partial charge in [-0.25, -0.2) is 14.4 Å². The third kappa shape index (κ3) is 4.58. The van der Waals surface area contributed by atoms with Gasteiger partial charge in [0.25, 0.3) is 0 Å². The maximum Gasteiger partial charge on any atom is 0.234 e. The Morgan fingerprint density at radius 3 is 2.91 bits per heavy atom. The largest absolute Gasteiger partial charge is 0.382 e. The zero-order valence-electron chi connectivity index (χ0n) is 12.0. The van der Waals surface area contributed by atoms with Crippen LogP contribution in [0.2, 0.25) is 0 Å². The molecule has 0 aliphatic heterocycles. The minimum atomic E-state index is -0.428. The predicted octanol–water partition coefficient (Wildman–Crippen LogP) is 2.52. The number of hydrogen-bond acceptors (Lipinski definition) is 7. The number of nitrogen functional groups attached to an aromatic ring is 1. The smallest absolute Gasteiger partial charge is 0.234 e. The van der Waals surface area contributed by atoms with Crippen LogP contribution in [-0.4, -0.2) is 27.9 Å². The van der Waals surface area contributed by atoms with E-state index in [1.807, 2.05) is 6.07 Å². The SMILES string of the molecule is CSc1nc(SCC(=O)Nc2cccc(F)c2)nc(N)c1C#N. The van der Waals surface area contributed by atoms with Gasteiger partial charge in [-0.05, 0) is 24.5 Å². The molecule has 6 nitrogen and oxygen atoms in total. The van der Waals surface area contributed by atoms with Gasteiger partial charge in [-0.3, -0.25) is 4.79 Å². The van der Waals surface area contributed by atoms with E-state index in [1.165, 1.54) is 30.0 Å². The number of carbonyl (C=O) groups excluding carboxylic acids is 1. The number of nitrogens with two attached hydrogens (primary N) is 1. The summed E-state index contributed by atoms with van der Waals surface area (Å²) in [7, 11) is 0. The Balaban J connectivity index is 2.02. The third-order valence-electron chi connectivity index (χ3n) is 2.63. The highest BCUT2D eigenvalue weighted by molar-refractivity contribution is 8.00. The minimum Gasteiger partial charge on any atom is -0.382 e. The number of nitrogens with zero attached hydrogens (tertiary/aromatic N) is 3. The van der Waals surface area contributed by atoms with Crippen LogP contribution in [-0.2, 0) is 4.79 Å². The lowest BCUT2D eigenvalue weighted by atomic mass is 10.3. The van der Waals surface area contributed by atoms with Crippen LogP contribution in [0, 0.1) is 17.1 Å². The summed E-state index contributed by atoms with van der Waals surface area (Å²) in [6.45, 7) is 0. The van der Waals surface area contributed by atoms with Gasteiger partial charge in [-0.1, -0.05) is 17.8 Å². The molecule has 3 N–H and O–H groups in total. The van der Waals surface area contributed by atoms with E-state index in [9.17, 15) is 9.18 Å². The number of halogens is 1. The standard InChI is InChI=1S/C14H12FN5OS2/c1-22-13-10(6-16)12(17)19-14(20-13)23-7-11(21)18-9-4-2-3-8(15)5-9/h2-5H,7H2,1H3,(H,18,21)(H2,17,19,20). The molecule has 0 bridgehead atoms. The van der Waals surface area contributed by atoms with Crippen LogP contribution in [0.1, 0.15) is 5.56 Å². The Morgan fingerprint density at radius 1 is 1.48 bits per heavy atom. The Labute approximate surface area is 140 Å². The van der Waals surface area contributed by atoms with E-state index in [4.69, 9.17) is 11.0 Å². The zero-order chi connectivity index (χ0) is 16.8. The highest BCUT2D eigenvalue weighted by atomic mass is 32.2. The number of anilines is 2. The maximum absolute atomic E-state index is 13.0. The summed E-state index contributed by atoms with van der Waals surface area (Å²) < 4.78 is 13.0. The average molecular weight is 349 g/mol. The van der Waals surface area contributed by atoms with Gasteiger partial charge >= 0.3 is 0 Å². The fourth-order valence-electron chi connectivity index (χ4n) is 1.65. The molecule has 0 atom stereocenters. The number of nitriles is 1. The summed E-state index contributed by atoms with van der Waals surface area (Å²) in [6.07, 6.45) is 1.77. The molecule has 1 amide bonds. The van der Waals surface area contributed by atoms with E-state index in [-0.39, 0.29) is 23.0 Å². The lowest BCUT2D eigenvalue weighted by molar-refractivity contribution is -0.113. The summed E-state index contributed by atoms with van der Waals surface area (Å²) in [4.78, 5) is 20.0. The van der Waals surface area contributed by atoms with Gasteiger partial charge in [-0.15, -0.1) is 11.8 Å². The minimum absolute atomic E-state index is 0.0374. The molecule has 23 heavy (non-hydrogen) atoms. The van der Waals surface area contributed by atoms with Gasteiger partial charge in [0.15, 0.2) is 5.16 Å². The first kappa shape index (κ1) is 17.1. The Kier molecular flexibility index (Phi) is 5.78. The lowest BCUT2D eigenvalue weighted by Crippen LogP contribution is -2.14. The fraction of sp³-hybridized carbons (Fsp3) is 0.143. The summed E-state index contributed by atoms with van der Waals surface area (Å²) in [5.41, 5.74) is 6.32. The first-order valence-electron chi connectivity index (χ1n) is 6.33. The van der Waals surface area contributed by atoms with Crippen molar-refractivity contribution in [1.29, 1.82) is 5.26 Å². The van der Waals surface area contributed by atoms with Crippen molar-refractivity contribution in [3.63, 3.8) is 0 Å². The first-order valence-corrected chi connectivity index (χ1v) is 8.54. The van der Waals surface area contributed by atoms with Crippen molar-refractivity contribution in [3.8, 4) is 6.07 Å². The number of carbonyl (C=O) groups is 1. The normalized spacial score (nSPS) is 10.1. The van der Waals surface area contributed by atoms with Crippen molar-refractivity contribution >= 4 is 40.9 Å². The van der Waals surface area contributed by atoms with Gasteiger partial charge in [-0.2, -0.15) is 5.26 Å². The van der Waals surface area contributed by atoms with E-state index < -0.39 is 5.82 Å². The van der Waals surface area contributed by atoms with Crippen LogP contribution in [0.15, 0.2) is 34.4 Å². The molecule has 1 heterocycles.